The standard InChI is InChI=1S/C26H22N2O4/c1-31-19-14-12-17(13-15-19)23-16-21(20-10-6-7-11-22(20)27-23)25(29)28-24(26(30)32-2)18-8-4-3-5-9-18/h3-16,24H,1-2H3,(H,28,29)/t24-/m1/s1. The highest BCUT2D eigenvalue weighted by Crippen LogP contribution is 2.27. The van der Waals surface area contributed by atoms with E-state index in [9.17, 15) is 9.59 Å². The zero-order valence-electron chi connectivity index (χ0n) is 17.7. The number of hydrogen-bond donors (Lipinski definition) is 1. The average Bonchev–Trinajstić information content (AvgIpc) is 2.86. The molecule has 1 amide bonds. The lowest BCUT2D eigenvalue weighted by atomic mass is 10.0. The summed E-state index contributed by atoms with van der Waals surface area (Å²) in [7, 11) is 2.91. The van der Waals surface area contributed by atoms with Gasteiger partial charge in [-0.25, -0.2) is 9.78 Å². The molecule has 1 N–H and O–H groups in total. The van der Waals surface area contributed by atoms with E-state index in [1.807, 2.05) is 54.6 Å². The number of methoxy groups -OCH3 is 2. The first-order valence-corrected chi connectivity index (χ1v) is 10.1. The molecule has 0 bridgehead atoms. The number of carbonyl (C=O) groups excluding carboxylic acids is 2. The monoisotopic (exact) mass is 426 g/mol. The van der Waals surface area contributed by atoms with Crippen molar-refractivity contribution in [3.63, 3.8) is 0 Å². The van der Waals surface area contributed by atoms with E-state index in [0.717, 1.165) is 11.3 Å². The average molecular weight is 426 g/mol. The molecule has 0 saturated heterocycles. The number of para-hydroxylation sites is 1. The number of hydrogen-bond acceptors (Lipinski definition) is 5. The van der Waals surface area contributed by atoms with Gasteiger partial charge in [0.25, 0.3) is 5.91 Å². The van der Waals surface area contributed by atoms with Gasteiger partial charge in [-0.2, -0.15) is 0 Å². The van der Waals surface area contributed by atoms with Crippen molar-refractivity contribution in [2.24, 2.45) is 0 Å². The predicted molar refractivity (Wildman–Crippen MR) is 122 cm³/mol. The van der Waals surface area contributed by atoms with Crippen LogP contribution in [0.25, 0.3) is 22.2 Å². The minimum atomic E-state index is -0.926. The van der Waals surface area contributed by atoms with Gasteiger partial charge in [-0.15, -0.1) is 0 Å². The summed E-state index contributed by atoms with van der Waals surface area (Å²) in [6, 6.07) is 24.7. The molecule has 1 atom stereocenters. The van der Waals surface area contributed by atoms with E-state index in [2.05, 4.69) is 5.32 Å². The lowest BCUT2D eigenvalue weighted by molar-refractivity contribution is -0.143. The van der Waals surface area contributed by atoms with Gasteiger partial charge >= 0.3 is 5.97 Å². The molecule has 4 aromatic rings. The van der Waals surface area contributed by atoms with Crippen molar-refractivity contribution >= 4 is 22.8 Å². The molecule has 160 valence electrons. The Bertz CT molecular complexity index is 1250. The minimum Gasteiger partial charge on any atom is -0.497 e. The molecular formula is C26H22N2O4. The summed E-state index contributed by atoms with van der Waals surface area (Å²) < 4.78 is 10.2. The van der Waals surface area contributed by atoms with Crippen molar-refractivity contribution in [2.45, 2.75) is 6.04 Å². The molecule has 0 saturated carbocycles. The van der Waals surface area contributed by atoms with Crippen LogP contribution in [0.3, 0.4) is 0 Å². The highest BCUT2D eigenvalue weighted by Gasteiger charge is 2.25. The summed E-state index contributed by atoms with van der Waals surface area (Å²) in [4.78, 5) is 30.5. The van der Waals surface area contributed by atoms with E-state index in [1.54, 1.807) is 37.4 Å². The Morgan fingerprint density at radius 2 is 1.56 bits per heavy atom. The van der Waals surface area contributed by atoms with Crippen LogP contribution in [0.15, 0.2) is 84.9 Å². The molecule has 0 aliphatic heterocycles. The predicted octanol–water partition coefficient (Wildman–Crippen LogP) is 4.55. The number of benzene rings is 3. The van der Waals surface area contributed by atoms with E-state index in [0.29, 0.717) is 27.7 Å². The van der Waals surface area contributed by atoms with Crippen LogP contribution in [0.2, 0.25) is 0 Å². The Morgan fingerprint density at radius 1 is 0.875 bits per heavy atom. The van der Waals surface area contributed by atoms with Crippen molar-refractivity contribution in [1.29, 1.82) is 0 Å². The quantitative estimate of drug-likeness (QED) is 0.458. The second-order valence-electron chi connectivity index (χ2n) is 7.14. The fraction of sp³-hybridized carbons (Fsp3) is 0.115. The van der Waals surface area contributed by atoms with Crippen LogP contribution in [0.4, 0.5) is 0 Å². The number of nitrogens with zero attached hydrogens (tertiary/aromatic N) is 1. The molecule has 4 rings (SSSR count). The summed E-state index contributed by atoms with van der Waals surface area (Å²) in [6.07, 6.45) is 0. The molecule has 6 heteroatoms. The van der Waals surface area contributed by atoms with Gasteiger partial charge in [-0.05, 0) is 42.0 Å². The van der Waals surface area contributed by atoms with Crippen LogP contribution in [0.1, 0.15) is 22.0 Å². The number of rotatable bonds is 6. The molecule has 0 aliphatic carbocycles. The second kappa shape index (κ2) is 9.31. The number of amides is 1. The van der Waals surface area contributed by atoms with Gasteiger partial charge < -0.3 is 14.8 Å². The number of nitrogens with one attached hydrogen (secondary N) is 1. The van der Waals surface area contributed by atoms with Crippen molar-refractivity contribution in [3.05, 3.63) is 96.1 Å². The molecule has 1 heterocycles. The molecule has 0 unspecified atom stereocenters. The molecule has 6 nitrogen and oxygen atoms in total. The summed E-state index contributed by atoms with van der Waals surface area (Å²) in [5.41, 5.74) is 3.23. The Labute approximate surface area is 185 Å². The van der Waals surface area contributed by atoms with Crippen molar-refractivity contribution in [2.75, 3.05) is 14.2 Å². The fourth-order valence-electron chi connectivity index (χ4n) is 3.52. The summed E-state index contributed by atoms with van der Waals surface area (Å²) in [5.74, 6) is -0.202. The number of pyridine rings is 1. The highest BCUT2D eigenvalue weighted by atomic mass is 16.5. The van der Waals surface area contributed by atoms with Crippen LogP contribution in [-0.2, 0) is 9.53 Å². The van der Waals surface area contributed by atoms with Crippen LogP contribution in [0.5, 0.6) is 5.75 Å². The van der Waals surface area contributed by atoms with Gasteiger partial charge in [0.05, 0.1) is 31.0 Å². The van der Waals surface area contributed by atoms with Crippen molar-refractivity contribution < 1.29 is 19.1 Å². The number of aromatic nitrogens is 1. The van der Waals surface area contributed by atoms with E-state index in [1.165, 1.54) is 7.11 Å². The zero-order chi connectivity index (χ0) is 22.5. The molecular weight excluding hydrogens is 404 g/mol. The molecule has 3 aromatic carbocycles. The summed E-state index contributed by atoms with van der Waals surface area (Å²) >= 11 is 0. The number of carbonyl (C=O) groups is 2. The van der Waals surface area contributed by atoms with Gasteiger partial charge in [0.15, 0.2) is 6.04 Å². The summed E-state index contributed by atoms with van der Waals surface area (Å²) in [5, 5.41) is 3.52. The SMILES string of the molecule is COC(=O)[C@H](NC(=O)c1cc(-c2ccc(OC)cc2)nc2ccccc12)c1ccccc1. The van der Waals surface area contributed by atoms with E-state index in [-0.39, 0.29) is 0 Å². The van der Waals surface area contributed by atoms with Crippen LogP contribution in [0, 0.1) is 0 Å². The summed E-state index contributed by atoms with van der Waals surface area (Å²) in [6.45, 7) is 0. The maximum atomic E-state index is 13.4. The third kappa shape index (κ3) is 4.30. The largest absolute Gasteiger partial charge is 0.497 e. The van der Waals surface area contributed by atoms with Crippen molar-refractivity contribution in [1.82, 2.24) is 10.3 Å². The van der Waals surface area contributed by atoms with E-state index < -0.39 is 17.9 Å². The first-order valence-electron chi connectivity index (χ1n) is 10.1. The van der Waals surface area contributed by atoms with Gasteiger partial charge in [0.1, 0.15) is 5.75 Å². The van der Waals surface area contributed by atoms with Gasteiger partial charge in [-0.1, -0.05) is 48.5 Å². The maximum Gasteiger partial charge on any atom is 0.333 e. The van der Waals surface area contributed by atoms with Crippen LogP contribution in [-0.4, -0.2) is 31.1 Å². The highest BCUT2D eigenvalue weighted by molar-refractivity contribution is 6.08. The lowest BCUT2D eigenvalue weighted by Gasteiger charge is -2.18. The van der Waals surface area contributed by atoms with Crippen LogP contribution < -0.4 is 10.1 Å². The molecule has 32 heavy (non-hydrogen) atoms. The molecule has 0 aliphatic rings. The van der Waals surface area contributed by atoms with Crippen LogP contribution >= 0.6 is 0 Å². The first-order chi connectivity index (χ1) is 15.6. The maximum absolute atomic E-state index is 13.4. The molecule has 0 fully saturated rings. The lowest BCUT2D eigenvalue weighted by Crippen LogP contribution is -2.34. The second-order valence-corrected chi connectivity index (χ2v) is 7.14. The fourth-order valence-corrected chi connectivity index (χ4v) is 3.52. The number of ether oxygens (including phenoxy) is 2. The van der Waals surface area contributed by atoms with E-state index >= 15 is 0 Å². The molecule has 0 radical (unpaired) electrons. The third-order valence-electron chi connectivity index (χ3n) is 5.19. The topological polar surface area (TPSA) is 77.5 Å². The van der Waals surface area contributed by atoms with Gasteiger partial charge in [0.2, 0.25) is 0 Å². The Kier molecular flexibility index (Phi) is 6.12. The van der Waals surface area contributed by atoms with Crippen molar-refractivity contribution in [3.8, 4) is 17.0 Å². The smallest absolute Gasteiger partial charge is 0.333 e. The van der Waals surface area contributed by atoms with Gasteiger partial charge in [-0.3, -0.25) is 4.79 Å². The molecule has 0 spiro atoms. The normalized spacial score (nSPS) is 11.6. The number of fused-ring (bicyclic) bond motifs is 1. The minimum absolute atomic E-state index is 0.391. The Hall–Kier alpha value is -4.19. The van der Waals surface area contributed by atoms with Gasteiger partial charge in [0, 0.05) is 10.9 Å². The first kappa shape index (κ1) is 21.1. The molecule has 1 aromatic heterocycles. The zero-order valence-corrected chi connectivity index (χ0v) is 17.7. The third-order valence-corrected chi connectivity index (χ3v) is 5.19. The Morgan fingerprint density at radius 3 is 2.25 bits per heavy atom. The number of esters is 1. The Balaban J connectivity index is 1.76. The van der Waals surface area contributed by atoms with E-state index in [4.69, 9.17) is 14.5 Å².